The molecule has 1 aliphatic heterocycles. The lowest BCUT2D eigenvalue weighted by molar-refractivity contribution is -0.130. The molecule has 1 aromatic carbocycles. The molecule has 5 heteroatoms. The standard InChI is InChI=1S/C16H17NO4/c1-11-3-5-14(21-11)9-17(12(2)18)8-13-4-6-15-16(7-13)20-10-19-15/h3-7H,8-10H2,1-2H3. The van der Waals surface area contributed by atoms with E-state index >= 15 is 0 Å². The molecule has 110 valence electrons. The number of benzene rings is 1. The van der Waals surface area contributed by atoms with Crippen molar-refractivity contribution in [2.75, 3.05) is 6.79 Å². The Bertz CT molecular complexity index is 662. The van der Waals surface area contributed by atoms with E-state index < -0.39 is 0 Å². The van der Waals surface area contributed by atoms with Gasteiger partial charge in [0.25, 0.3) is 0 Å². The smallest absolute Gasteiger partial charge is 0.231 e. The van der Waals surface area contributed by atoms with Crippen LogP contribution in [0.4, 0.5) is 0 Å². The van der Waals surface area contributed by atoms with Crippen molar-refractivity contribution in [1.29, 1.82) is 0 Å². The van der Waals surface area contributed by atoms with Gasteiger partial charge < -0.3 is 18.8 Å². The van der Waals surface area contributed by atoms with Gasteiger partial charge in [0.15, 0.2) is 11.5 Å². The highest BCUT2D eigenvalue weighted by molar-refractivity contribution is 5.73. The quantitative estimate of drug-likeness (QED) is 0.867. The molecule has 0 bridgehead atoms. The summed E-state index contributed by atoms with van der Waals surface area (Å²) in [5.74, 6) is 3.10. The Hall–Kier alpha value is -2.43. The van der Waals surface area contributed by atoms with Crippen molar-refractivity contribution < 1.29 is 18.7 Å². The van der Waals surface area contributed by atoms with Crippen LogP contribution in [-0.4, -0.2) is 17.6 Å². The molecule has 0 saturated carbocycles. The predicted octanol–water partition coefficient (Wildman–Crippen LogP) is 2.87. The zero-order valence-electron chi connectivity index (χ0n) is 12.1. The lowest BCUT2D eigenvalue weighted by atomic mass is 10.2. The van der Waals surface area contributed by atoms with Crippen molar-refractivity contribution in [2.24, 2.45) is 0 Å². The number of rotatable bonds is 4. The minimum absolute atomic E-state index is 0.00159. The van der Waals surface area contributed by atoms with Crippen molar-refractivity contribution in [3.05, 3.63) is 47.4 Å². The maximum atomic E-state index is 11.8. The van der Waals surface area contributed by atoms with Crippen LogP contribution in [0.15, 0.2) is 34.7 Å². The molecule has 2 heterocycles. The van der Waals surface area contributed by atoms with Crippen molar-refractivity contribution in [3.63, 3.8) is 0 Å². The summed E-state index contributed by atoms with van der Waals surface area (Å²) in [5, 5.41) is 0. The second kappa shape index (κ2) is 5.52. The van der Waals surface area contributed by atoms with Crippen molar-refractivity contribution >= 4 is 5.91 Å². The van der Waals surface area contributed by atoms with Gasteiger partial charge in [-0.2, -0.15) is 0 Å². The Kier molecular flexibility index (Phi) is 3.56. The fraction of sp³-hybridized carbons (Fsp3) is 0.312. The van der Waals surface area contributed by atoms with Gasteiger partial charge >= 0.3 is 0 Å². The first-order valence-electron chi connectivity index (χ1n) is 6.81. The van der Waals surface area contributed by atoms with E-state index in [0.717, 1.165) is 28.6 Å². The lowest BCUT2D eigenvalue weighted by Crippen LogP contribution is -2.27. The van der Waals surface area contributed by atoms with Crippen LogP contribution in [0.2, 0.25) is 0 Å². The summed E-state index contributed by atoms with van der Waals surface area (Å²) >= 11 is 0. The molecule has 2 aromatic rings. The molecule has 0 N–H and O–H groups in total. The van der Waals surface area contributed by atoms with Crippen LogP contribution in [-0.2, 0) is 17.9 Å². The SMILES string of the molecule is CC(=O)N(Cc1ccc2c(c1)OCO2)Cc1ccc(C)o1. The maximum absolute atomic E-state index is 11.8. The maximum Gasteiger partial charge on any atom is 0.231 e. The number of ether oxygens (including phenoxy) is 2. The third kappa shape index (κ3) is 3.02. The number of carbonyl (C=O) groups excluding carboxylic acids is 1. The Labute approximate surface area is 123 Å². The highest BCUT2D eigenvalue weighted by Crippen LogP contribution is 2.32. The van der Waals surface area contributed by atoms with E-state index in [2.05, 4.69) is 0 Å². The minimum atomic E-state index is 0.00159. The van der Waals surface area contributed by atoms with E-state index in [-0.39, 0.29) is 12.7 Å². The summed E-state index contributed by atoms with van der Waals surface area (Å²) in [6.07, 6.45) is 0. The summed E-state index contributed by atoms with van der Waals surface area (Å²) in [5.41, 5.74) is 0.998. The average molecular weight is 287 g/mol. The van der Waals surface area contributed by atoms with Crippen molar-refractivity contribution in [2.45, 2.75) is 26.9 Å². The van der Waals surface area contributed by atoms with E-state index in [9.17, 15) is 4.79 Å². The highest BCUT2D eigenvalue weighted by Gasteiger charge is 2.16. The van der Waals surface area contributed by atoms with E-state index in [1.165, 1.54) is 0 Å². The number of carbonyl (C=O) groups is 1. The molecule has 3 rings (SSSR count). The van der Waals surface area contributed by atoms with Crippen LogP contribution in [0.25, 0.3) is 0 Å². The van der Waals surface area contributed by atoms with Gasteiger partial charge in [0.05, 0.1) is 6.54 Å². The van der Waals surface area contributed by atoms with Gasteiger partial charge in [-0.1, -0.05) is 6.07 Å². The summed E-state index contributed by atoms with van der Waals surface area (Å²) in [7, 11) is 0. The molecule has 0 spiro atoms. The van der Waals surface area contributed by atoms with Crippen molar-refractivity contribution in [1.82, 2.24) is 4.90 Å². The zero-order chi connectivity index (χ0) is 14.8. The molecule has 0 unspecified atom stereocenters. The molecule has 0 saturated heterocycles. The van der Waals surface area contributed by atoms with E-state index in [4.69, 9.17) is 13.9 Å². The van der Waals surface area contributed by atoms with E-state index in [0.29, 0.717) is 13.1 Å². The average Bonchev–Trinajstić information content (AvgIpc) is 3.06. The third-order valence-electron chi connectivity index (χ3n) is 3.40. The van der Waals surface area contributed by atoms with Gasteiger partial charge in [0, 0.05) is 13.5 Å². The Morgan fingerprint density at radius 1 is 1.14 bits per heavy atom. The van der Waals surface area contributed by atoms with E-state index in [1.54, 1.807) is 11.8 Å². The fourth-order valence-corrected chi connectivity index (χ4v) is 2.30. The molecule has 5 nitrogen and oxygen atoms in total. The molecular weight excluding hydrogens is 270 g/mol. The third-order valence-corrected chi connectivity index (χ3v) is 3.40. The van der Waals surface area contributed by atoms with E-state index in [1.807, 2.05) is 37.3 Å². The summed E-state index contributed by atoms with van der Waals surface area (Å²) in [4.78, 5) is 13.6. The zero-order valence-corrected chi connectivity index (χ0v) is 12.1. The van der Waals surface area contributed by atoms with Gasteiger partial charge in [0.2, 0.25) is 12.7 Å². The summed E-state index contributed by atoms with van der Waals surface area (Å²) in [6.45, 7) is 4.66. The first kappa shape index (κ1) is 13.5. The molecular formula is C16H17NO4. The molecule has 1 aliphatic rings. The Balaban J connectivity index is 1.74. The van der Waals surface area contributed by atoms with Crippen LogP contribution in [0.3, 0.4) is 0 Å². The van der Waals surface area contributed by atoms with Gasteiger partial charge in [-0.15, -0.1) is 0 Å². The predicted molar refractivity (Wildman–Crippen MR) is 75.9 cm³/mol. The monoisotopic (exact) mass is 287 g/mol. The summed E-state index contributed by atoms with van der Waals surface area (Å²) in [6, 6.07) is 9.51. The first-order valence-corrected chi connectivity index (χ1v) is 6.81. The molecule has 21 heavy (non-hydrogen) atoms. The second-order valence-electron chi connectivity index (χ2n) is 5.08. The van der Waals surface area contributed by atoms with Crippen LogP contribution in [0.1, 0.15) is 24.0 Å². The van der Waals surface area contributed by atoms with Gasteiger partial charge in [-0.3, -0.25) is 4.79 Å². The number of aryl methyl sites for hydroxylation is 1. The number of hydrogen-bond donors (Lipinski definition) is 0. The molecule has 1 aromatic heterocycles. The molecule has 1 amide bonds. The molecule has 0 atom stereocenters. The van der Waals surface area contributed by atoms with Gasteiger partial charge in [0.1, 0.15) is 11.5 Å². The number of furan rings is 1. The minimum Gasteiger partial charge on any atom is -0.464 e. The molecule has 0 radical (unpaired) electrons. The number of amides is 1. The fourth-order valence-electron chi connectivity index (χ4n) is 2.30. The van der Waals surface area contributed by atoms with Crippen LogP contribution in [0.5, 0.6) is 11.5 Å². The van der Waals surface area contributed by atoms with Crippen molar-refractivity contribution in [3.8, 4) is 11.5 Å². The molecule has 0 aliphatic carbocycles. The first-order chi connectivity index (χ1) is 10.1. The Morgan fingerprint density at radius 2 is 1.95 bits per heavy atom. The van der Waals surface area contributed by atoms with Crippen LogP contribution >= 0.6 is 0 Å². The van der Waals surface area contributed by atoms with Crippen LogP contribution < -0.4 is 9.47 Å². The van der Waals surface area contributed by atoms with Gasteiger partial charge in [-0.25, -0.2) is 0 Å². The number of hydrogen-bond acceptors (Lipinski definition) is 4. The largest absolute Gasteiger partial charge is 0.464 e. The highest BCUT2D eigenvalue weighted by atomic mass is 16.7. The number of nitrogens with zero attached hydrogens (tertiary/aromatic N) is 1. The number of fused-ring (bicyclic) bond motifs is 1. The topological polar surface area (TPSA) is 51.9 Å². The summed E-state index contributed by atoms with van der Waals surface area (Å²) < 4.78 is 16.2. The lowest BCUT2D eigenvalue weighted by Gasteiger charge is -2.20. The Morgan fingerprint density at radius 3 is 2.67 bits per heavy atom. The van der Waals surface area contributed by atoms with Gasteiger partial charge in [-0.05, 0) is 36.8 Å². The van der Waals surface area contributed by atoms with Crippen LogP contribution in [0, 0.1) is 6.92 Å². The normalized spacial score (nSPS) is 12.5. The molecule has 0 fully saturated rings. The second-order valence-corrected chi connectivity index (χ2v) is 5.08.